The van der Waals surface area contributed by atoms with Crippen molar-refractivity contribution in [3.63, 3.8) is 0 Å². The van der Waals surface area contributed by atoms with Crippen LogP contribution in [0.1, 0.15) is 5.76 Å². The Labute approximate surface area is 154 Å². The highest BCUT2D eigenvalue weighted by atomic mass is 35.5. The van der Waals surface area contributed by atoms with Gasteiger partial charge in [-0.2, -0.15) is 0 Å². The van der Waals surface area contributed by atoms with Crippen LogP contribution in [0.2, 0.25) is 10.0 Å². The number of benzene rings is 1. The fourth-order valence-corrected chi connectivity index (χ4v) is 2.65. The number of hydrogen-bond donors (Lipinski definition) is 2. The molecule has 0 unspecified atom stereocenters. The number of hydrogen-bond acceptors (Lipinski definition) is 3. The van der Waals surface area contributed by atoms with E-state index in [0.717, 1.165) is 17.1 Å². The van der Waals surface area contributed by atoms with Crippen molar-refractivity contribution in [2.24, 2.45) is 0 Å². The van der Waals surface area contributed by atoms with Crippen LogP contribution < -0.4 is 10.6 Å². The lowest BCUT2D eigenvalue weighted by Gasteiger charge is -2.10. The van der Waals surface area contributed by atoms with Crippen molar-refractivity contribution in [1.82, 2.24) is 10.3 Å². The van der Waals surface area contributed by atoms with Crippen molar-refractivity contribution < 1.29 is 4.42 Å². The van der Waals surface area contributed by atoms with E-state index in [0.29, 0.717) is 27.5 Å². The Bertz CT molecular complexity index is 852. The summed E-state index contributed by atoms with van der Waals surface area (Å²) >= 11 is 17.1. The zero-order valence-electron chi connectivity index (χ0n) is 12.4. The third kappa shape index (κ3) is 4.26. The third-order valence-corrected chi connectivity index (χ3v) is 3.92. The SMILES string of the molecule is S=C(NCc1ccc(-c2ccccc2)o1)Nc1ncc(Cl)cc1Cl. The smallest absolute Gasteiger partial charge is 0.172 e. The number of rotatable bonds is 4. The molecule has 7 heteroatoms. The van der Waals surface area contributed by atoms with Crippen LogP contribution in [0, 0.1) is 0 Å². The molecule has 3 aromatic rings. The van der Waals surface area contributed by atoms with E-state index in [1.807, 2.05) is 42.5 Å². The molecular formula is C17H13Cl2N3OS. The summed E-state index contributed by atoms with van der Waals surface area (Å²) in [5.74, 6) is 2.03. The van der Waals surface area contributed by atoms with Gasteiger partial charge in [0.25, 0.3) is 0 Å². The Morgan fingerprint density at radius 3 is 2.67 bits per heavy atom. The maximum Gasteiger partial charge on any atom is 0.172 e. The lowest BCUT2D eigenvalue weighted by atomic mass is 10.2. The standard InChI is InChI=1S/C17H13Cl2N3OS/c18-12-8-14(19)16(20-9-12)22-17(24)21-10-13-6-7-15(23-13)11-4-2-1-3-5-11/h1-9H,10H2,(H2,20,21,22,24). The topological polar surface area (TPSA) is 50.1 Å². The molecule has 4 nitrogen and oxygen atoms in total. The molecule has 0 radical (unpaired) electrons. The maximum absolute atomic E-state index is 6.05. The second-order valence-corrected chi connectivity index (χ2v) is 6.18. The maximum atomic E-state index is 6.05. The van der Waals surface area contributed by atoms with Crippen molar-refractivity contribution in [2.75, 3.05) is 5.32 Å². The molecule has 0 aliphatic carbocycles. The zero-order valence-corrected chi connectivity index (χ0v) is 14.8. The molecule has 0 fully saturated rings. The van der Waals surface area contributed by atoms with Crippen LogP contribution in [-0.4, -0.2) is 10.1 Å². The Balaban J connectivity index is 1.58. The van der Waals surface area contributed by atoms with E-state index >= 15 is 0 Å². The van der Waals surface area contributed by atoms with Gasteiger partial charge in [-0.15, -0.1) is 0 Å². The lowest BCUT2D eigenvalue weighted by Crippen LogP contribution is -2.28. The lowest BCUT2D eigenvalue weighted by molar-refractivity contribution is 0.516. The number of nitrogens with one attached hydrogen (secondary N) is 2. The molecule has 0 bridgehead atoms. The summed E-state index contributed by atoms with van der Waals surface area (Å²) in [6, 6.07) is 15.3. The molecule has 2 aromatic heterocycles. The average Bonchev–Trinajstić information content (AvgIpc) is 3.05. The van der Waals surface area contributed by atoms with Gasteiger partial charge in [-0.05, 0) is 30.4 Å². The van der Waals surface area contributed by atoms with E-state index in [1.54, 1.807) is 6.07 Å². The Morgan fingerprint density at radius 1 is 1.12 bits per heavy atom. The minimum atomic E-state index is 0.393. The van der Waals surface area contributed by atoms with Crippen LogP contribution in [0.5, 0.6) is 0 Å². The quantitative estimate of drug-likeness (QED) is 0.616. The van der Waals surface area contributed by atoms with Gasteiger partial charge < -0.3 is 15.1 Å². The van der Waals surface area contributed by atoms with Gasteiger partial charge in [0.1, 0.15) is 11.5 Å². The van der Waals surface area contributed by atoms with Gasteiger partial charge in [0.05, 0.1) is 16.6 Å². The van der Waals surface area contributed by atoms with E-state index in [4.69, 9.17) is 39.8 Å². The predicted octanol–water partition coefficient (Wildman–Crippen LogP) is 5.14. The molecule has 2 heterocycles. The van der Waals surface area contributed by atoms with Crippen molar-refractivity contribution in [3.8, 4) is 11.3 Å². The summed E-state index contributed by atoms with van der Waals surface area (Å²) in [6.45, 7) is 0.448. The number of thiocarbonyl (C=S) groups is 1. The van der Waals surface area contributed by atoms with Gasteiger partial charge in [-0.3, -0.25) is 0 Å². The van der Waals surface area contributed by atoms with Gasteiger partial charge in [-0.1, -0.05) is 53.5 Å². The highest BCUT2D eigenvalue weighted by molar-refractivity contribution is 7.80. The van der Waals surface area contributed by atoms with Crippen LogP contribution in [0.25, 0.3) is 11.3 Å². The van der Waals surface area contributed by atoms with Gasteiger partial charge in [0.2, 0.25) is 0 Å². The predicted molar refractivity (Wildman–Crippen MR) is 101 cm³/mol. The molecule has 1 aromatic carbocycles. The molecular weight excluding hydrogens is 365 g/mol. The molecule has 0 atom stereocenters. The molecule has 0 aliphatic heterocycles. The number of furan rings is 1. The average molecular weight is 378 g/mol. The summed E-state index contributed by atoms with van der Waals surface area (Å²) in [5, 5.41) is 7.23. The van der Waals surface area contributed by atoms with Crippen LogP contribution in [-0.2, 0) is 6.54 Å². The van der Waals surface area contributed by atoms with Gasteiger partial charge in [-0.25, -0.2) is 4.98 Å². The molecule has 122 valence electrons. The number of anilines is 1. The highest BCUT2D eigenvalue weighted by Gasteiger charge is 2.07. The molecule has 0 aliphatic rings. The van der Waals surface area contributed by atoms with Gasteiger partial charge in [0, 0.05) is 11.8 Å². The van der Waals surface area contributed by atoms with Crippen LogP contribution in [0.3, 0.4) is 0 Å². The Hall–Kier alpha value is -2.08. The summed E-state index contributed by atoms with van der Waals surface area (Å²) < 4.78 is 5.80. The van der Waals surface area contributed by atoms with E-state index in [9.17, 15) is 0 Å². The van der Waals surface area contributed by atoms with E-state index in [1.165, 1.54) is 6.20 Å². The molecule has 0 saturated carbocycles. The summed E-state index contributed by atoms with van der Waals surface area (Å²) in [6.07, 6.45) is 1.50. The molecule has 0 saturated heterocycles. The number of aromatic nitrogens is 1. The fourth-order valence-electron chi connectivity index (χ4n) is 2.06. The van der Waals surface area contributed by atoms with Crippen LogP contribution in [0.15, 0.2) is 59.1 Å². The first-order chi connectivity index (χ1) is 11.6. The Morgan fingerprint density at radius 2 is 1.92 bits per heavy atom. The second kappa shape index (κ2) is 7.66. The first-order valence-electron chi connectivity index (χ1n) is 7.12. The molecule has 0 spiro atoms. The first-order valence-corrected chi connectivity index (χ1v) is 8.28. The molecule has 24 heavy (non-hydrogen) atoms. The normalized spacial score (nSPS) is 10.4. The number of pyridine rings is 1. The second-order valence-electron chi connectivity index (χ2n) is 4.92. The largest absolute Gasteiger partial charge is 0.459 e. The third-order valence-electron chi connectivity index (χ3n) is 3.18. The van der Waals surface area contributed by atoms with Crippen molar-refractivity contribution in [2.45, 2.75) is 6.54 Å². The fraction of sp³-hybridized carbons (Fsp3) is 0.0588. The summed E-state index contributed by atoms with van der Waals surface area (Å²) in [4.78, 5) is 4.09. The van der Waals surface area contributed by atoms with Crippen molar-refractivity contribution in [1.29, 1.82) is 0 Å². The number of nitrogens with zero attached hydrogens (tertiary/aromatic N) is 1. The monoisotopic (exact) mass is 377 g/mol. The molecule has 2 N–H and O–H groups in total. The van der Waals surface area contributed by atoms with Crippen molar-refractivity contribution >= 4 is 46.4 Å². The highest BCUT2D eigenvalue weighted by Crippen LogP contribution is 2.23. The van der Waals surface area contributed by atoms with E-state index in [2.05, 4.69) is 15.6 Å². The summed E-state index contributed by atoms with van der Waals surface area (Å²) in [7, 11) is 0. The molecule has 0 amide bonds. The van der Waals surface area contributed by atoms with Gasteiger partial charge in [0.15, 0.2) is 10.9 Å². The van der Waals surface area contributed by atoms with Crippen LogP contribution >= 0.6 is 35.4 Å². The van der Waals surface area contributed by atoms with Crippen LogP contribution in [0.4, 0.5) is 5.82 Å². The summed E-state index contributed by atoms with van der Waals surface area (Å²) in [5.41, 5.74) is 1.03. The first kappa shape index (κ1) is 16.8. The Kier molecular flexibility index (Phi) is 5.35. The molecule has 3 rings (SSSR count). The van der Waals surface area contributed by atoms with E-state index < -0.39 is 0 Å². The minimum absolute atomic E-state index is 0.393. The van der Waals surface area contributed by atoms with E-state index in [-0.39, 0.29) is 0 Å². The minimum Gasteiger partial charge on any atom is -0.459 e. The van der Waals surface area contributed by atoms with Gasteiger partial charge >= 0.3 is 0 Å². The van der Waals surface area contributed by atoms with Crippen molar-refractivity contribution in [3.05, 3.63) is 70.5 Å². The number of halogens is 2. The zero-order chi connectivity index (χ0) is 16.9.